The first-order chi connectivity index (χ1) is 17.4. The van der Waals surface area contributed by atoms with Crippen molar-refractivity contribution in [2.75, 3.05) is 33.3 Å². The summed E-state index contributed by atoms with van der Waals surface area (Å²) in [6.45, 7) is 5.39. The van der Waals surface area contributed by atoms with Crippen molar-refractivity contribution in [2.24, 2.45) is 0 Å². The van der Waals surface area contributed by atoms with Crippen molar-refractivity contribution < 1.29 is 28.2 Å². The second-order valence-electron chi connectivity index (χ2n) is 8.41. The summed E-state index contributed by atoms with van der Waals surface area (Å²) in [5, 5.41) is 2.90. The Morgan fingerprint density at radius 3 is 2.42 bits per heavy atom. The molecular formula is C27H31N3O6. The van der Waals surface area contributed by atoms with Crippen LogP contribution >= 0.6 is 0 Å². The third-order valence-corrected chi connectivity index (χ3v) is 5.65. The third kappa shape index (κ3) is 5.31. The molecule has 0 unspecified atom stereocenters. The van der Waals surface area contributed by atoms with Crippen LogP contribution in [0.5, 0.6) is 17.2 Å². The number of benzene rings is 2. The van der Waals surface area contributed by atoms with Crippen molar-refractivity contribution in [3.05, 3.63) is 54.3 Å². The first-order valence-corrected chi connectivity index (χ1v) is 11.7. The van der Waals surface area contributed by atoms with Gasteiger partial charge < -0.3 is 33.2 Å². The highest BCUT2D eigenvalue weighted by molar-refractivity contribution is 6.06. The minimum absolute atomic E-state index is 0.181. The van der Waals surface area contributed by atoms with E-state index in [1.807, 2.05) is 32.0 Å². The number of ether oxygens (including phenoxy) is 4. The number of amides is 1. The number of imidazole rings is 1. The van der Waals surface area contributed by atoms with E-state index in [0.29, 0.717) is 58.8 Å². The second kappa shape index (κ2) is 11.2. The first kappa shape index (κ1) is 25.1. The van der Waals surface area contributed by atoms with E-state index in [1.54, 1.807) is 30.5 Å². The monoisotopic (exact) mass is 493 g/mol. The molecule has 2 aromatic carbocycles. The number of carbonyl (C=O) groups excluding carboxylic acids is 1. The largest absolute Gasteiger partial charge is 0.493 e. The van der Waals surface area contributed by atoms with Gasteiger partial charge in [0.1, 0.15) is 0 Å². The number of nitrogens with one attached hydrogen (secondary N) is 1. The SMILES string of the molecule is COc1cc(NC(=O)c2ccc3c(c2)nc(-c2ccco2)n3CCCOC(C)C)cc(OC)c1OC. The Labute approximate surface area is 209 Å². The maximum atomic E-state index is 13.1. The van der Waals surface area contributed by atoms with Crippen molar-refractivity contribution in [3.63, 3.8) is 0 Å². The van der Waals surface area contributed by atoms with E-state index in [-0.39, 0.29) is 12.0 Å². The van der Waals surface area contributed by atoms with Crippen LogP contribution in [0.4, 0.5) is 5.69 Å². The number of hydrogen-bond donors (Lipinski definition) is 1. The lowest BCUT2D eigenvalue weighted by atomic mass is 10.1. The molecule has 4 rings (SSSR count). The molecule has 9 heteroatoms. The van der Waals surface area contributed by atoms with E-state index >= 15 is 0 Å². The van der Waals surface area contributed by atoms with E-state index in [0.717, 1.165) is 11.9 Å². The fraction of sp³-hybridized carbons (Fsp3) is 0.333. The summed E-state index contributed by atoms with van der Waals surface area (Å²) >= 11 is 0. The van der Waals surface area contributed by atoms with Gasteiger partial charge in [-0.2, -0.15) is 0 Å². The average molecular weight is 494 g/mol. The number of carbonyl (C=O) groups is 1. The summed E-state index contributed by atoms with van der Waals surface area (Å²) in [4.78, 5) is 17.9. The summed E-state index contributed by atoms with van der Waals surface area (Å²) in [6, 6.07) is 12.5. The van der Waals surface area contributed by atoms with Gasteiger partial charge in [-0.3, -0.25) is 4.79 Å². The lowest BCUT2D eigenvalue weighted by Gasteiger charge is -2.14. The van der Waals surface area contributed by atoms with Gasteiger partial charge in [-0.25, -0.2) is 4.98 Å². The molecule has 0 radical (unpaired) electrons. The fourth-order valence-corrected chi connectivity index (χ4v) is 3.99. The molecule has 0 spiro atoms. The number of aryl methyl sites for hydroxylation is 1. The van der Waals surface area contributed by atoms with Gasteiger partial charge in [0.15, 0.2) is 23.1 Å². The van der Waals surface area contributed by atoms with Crippen molar-refractivity contribution in [3.8, 4) is 28.8 Å². The molecule has 0 aliphatic heterocycles. The standard InChI is InChI=1S/C27H31N3O6/c1-17(2)35-13-7-11-30-21-10-9-18(14-20(21)29-26(30)22-8-6-12-36-22)27(31)28-19-15-23(32-3)25(34-5)24(16-19)33-4/h6,8-10,12,14-17H,7,11,13H2,1-5H3,(H,28,31). The summed E-state index contributed by atoms with van der Waals surface area (Å²) in [5.41, 5.74) is 2.59. The highest BCUT2D eigenvalue weighted by atomic mass is 16.5. The van der Waals surface area contributed by atoms with Crippen molar-refractivity contribution in [1.29, 1.82) is 0 Å². The topological polar surface area (TPSA) is 97.0 Å². The van der Waals surface area contributed by atoms with Gasteiger partial charge in [0.25, 0.3) is 5.91 Å². The first-order valence-electron chi connectivity index (χ1n) is 11.7. The van der Waals surface area contributed by atoms with Gasteiger partial charge in [0.05, 0.1) is 44.7 Å². The molecule has 0 bridgehead atoms. The minimum atomic E-state index is -0.286. The summed E-state index contributed by atoms with van der Waals surface area (Å²) in [5.74, 6) is 2.44. The molecule has 2 aromatic heterocycles. The van der Waals surface area contributed by atoms with Crippen molar-refractivity contribution >= 4 is 22.6 Å². The molecule has 1 N–H and O–H groups in total. The molecule has 0 aliphatic rings. The highest BCUT2D eigenvalue weighted by Crippen LogP contribution is 2.40. The predicted octanol–water partition coefficient (Wildman–Crippen LogP) is 5.39. The minimum Gasteiger partial charge on any atom is -0.493 e. The quantitative estimate of drug-likeness (QED) is 0.280. The second-order valence-corrected chi connectivity index (χ2v) is 8.41. The lowest BCUT2D eigenvalue weighted by Crippen LogP contribution is -2.12. The molecular weight excluding hydrogens is 462 g/mol. The van der Waals surface area contributed by atoms with Gasteiger partial charge in [0.2, 0.25) is 5.75 Å². The Balaban J connectivity index is 1.62. The Morgan fingerprint density at radius 2 is 1.81 bits per heavy atom. The number of anilines is 1. The van der Waals surface area contributed by atoms with Crippen molar-refractivity contribution in [2.45, 2.75) is 32.9 Å². The number of fused-ring (bicyclic) bond motifs is 1. The molecule has 0 aliphatic carbocycles. The number of hydrogen-bond acceptors (Lipinski definition) is 7. The molecule has 0 fully saturated rings. The molecule has 1 amide bonds. The van der Waals surface area contributed by atoms with Crippen LogP contribution in [0.2, 0.25) is 0 Å². The van der Waals surface area contributed by atoms with E-state index in [1.165, 1.54) is 21.3 Å². The van der Waals surface area contributed by atoms with Crippen LogP contribution in [0.15, 0.2) is 53.1 Å². The zero-order valence-corrected chi connectivity index (χ0v) is 21.2. The van der Waals surface area contributed by atoms with E-state index in [2.05, 4.69) is 9.88 Å². The molecule has 0 atom stereocenters. The third-order valence-electron chi connectivity index (χ3n) is 5.65. The maximum absolute atomic E-state index is 13.1. The summed E-state index contributed by atoms with van der Waals surface area (Å²) in [7, 11) is 4.58. The van der Waals surface area contributed by atoms with Crippen molar-refractivity contribution in [1.82, 2.24) is 9.55 Å². The smallest absolute Gasteiger partial charge is 0.255 e. The van der Waals surface area contributed by atoms with Gasteiger partial charge in [-0.05, 0) is 50.6 Å². The molecule has 2 heterocycles. The Morgan fingerprint density at radius 1 is 1.06 bits per heavy atom. The average Bonchev–Trinajstić information content (AvgIpc) is 3.53. The summed E-state index contributed by atoms with van der Waals surface area (Å²) in [6.07, 6.45) is 2.62. The van der Waals surface area contributed by atoms with Gasteiger partial charge in [0, 0.05) is 36.5 Å². The number of methoxy groups -OCH3 is 3. The van der Waals surface area contributed by atoms with Crippen LogP contribution in [-0.4, -0.2) is 49.5 Å². The molecule has 9 nitrogen and oxygen atoms in total. The molecule has 190 valence electrons. The molecule has 0 saturated heterocycles. The Kier molecular flexibility index (Phi) is 7.80. The van der Waals surface area contributed by atoms with E-state index in [4.69, 9.17) is 28.3 Å². The van der Waals surface area contributed by atoms with Crippen LogP contribution in [0, 0.1) is 0 Å². The summed E-state index contributed by atoms with van der Waals surface area (Å²) < 4.78 is 29.5. The van der Waals surface area contributed by atoms with Crippen LogP contribution in [-0.2, 0) is 11.3 Å². The fourth-order valence-electron chi connectivity index (χ4n) is 3.99. The Hall–Kier alpha value is -3.98. The number of furan rings is 1. The maximum Gasteiger partial charge on any atom is 0.255 e. The van der Waals surface area contributed by atoms with Crippen LogP contribution in [0.25, 0.3) is 22.6 Å². The van der Waals surface area contributed by atoms with Gasteiger partial charge in [-0.15, -0.1) is 0 Å². The van der Waals surface area contributed by atoms with Gasteiger partial charge >= 0.3 is 0 Å². The van der Waals surface area contributed by atoms with Crippen LogP contribution in [0.1, 0.15) is 30.6 Å². The van der Waals surface area contributed by atoms with Crippen LogP contribution in [0.3, 0.4) is 0 Å². The normalized spacial score (nSPS) is 11.2. The predicted molar refractivity (Wildman–Crippen MR) is 137 cm³/mol. The zero-order chi connectivity index (χ0) is 25.7. The molecule has 4 aromatic rings. The van der Waals surface area contributed by atoms with Gasteiger partial charge in [-0.1, -0.05) is 0 Å². The number of aromatic nitrogens is 2. The number of nitrogens with zero attached hydrogens (tertiary/aromatic N) is 2. The zero-order valence-electron chi connectivity index (χ0n) is 21.2. The van der Waals surface area contributed by atoms with E-state index < -0.39 is 0 Å². The van der Waals surface area contributed by atoms with Crippen LogP contribution < -0.4 is 19.5 Å². The lowest BCUT2D eigenvalue weighted by molar-refractivity contribution is 0.0750. The number of rotatable bonds is 11. The Bertz CT molecular complexity index is 1300. The molecule has 0 saturated carbocycles. The highest BCUT2D eigenvalue weighted by Gasteiger charge is 2.18. The molecule has 36 heavy (non-hydrogen) atoms. The van der Waals surface area contributed by atoms with E-state index in [9.17, 15) is 4.79 Å².